The smallest absolute Gasteiger partial charge is 0.506 e. The molecule has 0 heterocycles. The molecule has 0 aliphatic rings. The van der Waals surface area contributed by atoms with Gasteiger partial charge in [0.2, 0.25) is 0 Å². The van der Waals surface area contributed by atoms with Crippen molar-refractivity contribution in [3.05, 3.63) is 35.4 Å². The molecular formula is C14H13ClO4. The molecule has 0 saturated heterocycles. The van der Waals surface area contributed by atoms with Crippen molar-refractivity contribution in [2.75, 3.05) is 6.61 Å². The van der Waals surface area contributed by atoms with Crippen LogP contribution in [0.5, 0.6) is 11.5 Å². The van der Waals surface area contributed by atoms with Crippen molar-refractivity contribution in [3.8, 4) is 11.5 Å². The lowest BCUT2D eigenvalue weighted by atomic mass is 10.1. The maximum Gasteiger partial charge on any atom is 0.513 e. The molecule has 2 aromatic rings. The summed E-state index contributed by atoms with van der Waals surface area (Å²) >= 11 is 5.90. The lowest BCUT2D eigenvalue weighted by Crippen LogP contribution is -2.11. The Morgan fingerprint density at radius 2 is 2.00 bits per heavy atom. The molecule has 0 amide bonds. The van der Waals surface area contributed by atoms with Crippen molar-refractivity contribution >= 4 is 28.5 Å². The molecule has 5 heteroatoms. The number of halogens is 1. The number of aromatic hydroxyl groups is 1. The fourth-order valence-electron chi connectivity index (χ4n) is 1.68. The number of carbonyl (C=O) groups is 1. The number of benzene rings is 2. The predicted octanol–water partition coefficient (Wildman–Crippen LogP) is 4.12. The average molecular weight is 281 g/mol. The molecule has 1 N–H and O–H groups in total. The van der Waals surface area contributed by atoms with Gasteiger partial charge in [0.25, 0.3) is 0 Å². The van der Waals surface area contributed by atoms with Gasteiger partial charge in [-0.25, -0.2) is 4.79 Å². The normalized spacial score (nSPS) is 10.4. The second kappa shape index (κ2) is 5.80. The van der Waals surface area contributed by atoms with Crippen LogP contribution in [0.2, 0.25) is 5.02 Å². The molecule has 2 aromatic carbocycles. The third-order valence-electron chi connectivity index (χ3n) is 2.55. The minimum atomic E-state index is -0.784. The van der Waals surface area contributed by atoms with Crippen LogP contribution in [0.1, 0.15) is 13.3 Å². The molecule has 0 atom stereocenters. The van der Waals surface area contributed by atoms with E-state index in [-0.39, 0.29) is 16.5 Å². The Kier molecular flexibility index (Phi) is 4.12. The molecule has 0 aliphatic carbocycles. The molecule has 0 bridgehead atoms. The zero-order valence-electron chi connectivity index (χ0n) is 10.4. The van der Waals surface area contributed by atoms with Gasteiger partial charge < -0.3 is 14.6 Å². The van der Waals surface area contributed by atoms with Gasteiger partial charge in [-0.1, -0.05) is 42.8 Å². The molecule has 0 radical (unpaired) electrons. The van der Waals surface area contributed by atoms with Crippen molar-refractivity contribution in [1.82, 2.24) is 0 Å². The van der Waals surface area contributed by atoms with E-state index in [1.54, 1.807) is 24.3 Å². The average Bonchev–Trinajstić information content (AvgIpc) is 2.42. The summed E-state index contributed by atoms with van der Waals surface area (Å²) in [6.45, 7) is 2.18. The van der Waals surface area contributed by atoms with Gasteiger partial charge in [0.1, 0.15) is 11.5 Å². The number of phenolic OH excluding ortho intramolecular Hbond substituents is 1. The number of phenols is 1. The lowest BCUT2D eigenvalue weighted by Gasteiger charge is -2.10. The van der Waals surface area contributed by atoms with Gasteiger partial charge in [-0.05, 0) is 6.42 Å². The monoisotopic (exact) mass is 280 g/mol. The van der Waals surface area contributed by atoms with Gasteiger partial charge in [-0.2, -0.15) is 0 Å². The van der Waals surface area contributed by atoms with E-state index in [1.165, 1.54) is 6.07 Å². The van der Waals surface area contributed by atoms with E-state index < -0.39 is 6.16 Å². The van der Waals surface area contributed by atoms with Crippen molar-refractivity contribution in [3.63, 3.8) is 0 Å². The van der Waals surface area contributed by atoms with Crippen LogP contribution in [0.3, 0.4) is 0 Å². The first-order chi connectivity index (χ1) is 9.13. The molecular weight excluding hydrogens is 268 g/mol. The van der Waals surface area contributed by atoms with E-state index in [4.69, 9.17) is 21.1 Å². The largest absolute Gasteiger partial charge is 0.513 e. The van der Waals surface area contributed by atoms with Gasteiger partial charge in [-0.15, -0.1) is 0 Å². The Bertz CT molecular complexity index is 610. The second-order valence-corrected chi connectivity index (χ2v) is 4.36. The minimum Gasteiger partial charge on any atom is -0.506 e. The lowest BCUT2D eigenvalue weighted by molar-refractivity contribution is 0.0996. The summed E-state index contributed by atoms with van der Waals surface area (Å²) in [6, 6.07) is 8.36. The molecule has 100 valence electrons. The zero-order valence-corrected chi connectivity index (χ0v) is 11.1. The second-order valence-electron chi connectivity index (χ2n) is 3.95. The number of hydrogen-bond acceptors (Lipinski definition) is 4. The van der Waals surface area contributed by atoms with E-state index in [0.29, 0.717) is 23.8 Å². The van der Waals surface area contributed by atoms with Gasteiger partial charge in [-0.3, -0.25) is 0 Å². The summed E-state index contributed by atoms with van der Waals surface area (Å²) in [5.74, 6) is 0.228. The van der Waals surface area contributed by atoms with E-state index in [9.17, 15) is 9.90 Å². The van der Waals surface area contributed by atoms with Crippen LogP contribution in [0.15, 0.2) is 30.3 Å². The molecule has 0 aliphatic heterocycles. The summed E-state index contributed by atoms with van der Waals surface area (Å²) in [6.07, 6.45) is -0.0691. The van der Waals surface area contributed by atoms with Crippen LogP contribution in [-0.4, -0.2) is 17.9 Å². The highest BCUT2D eigenvalue weighted by molar-refractivity contribution is 6.33. The van der Waals surface area contributed by atoms with Gasteiger partial charge in [0.15, 0.2) is 0 Å². The van der Waals surface area contributed by atoms with Crippen molar-refractivity contribution in [2.24, 2.45) is 0 Å². The first-order valence-corrected chi connectivity index (χ1v) is 6.26. The van der Waals surface area contributed by atoms with Crippen LogP contribution < -0.4 is 4.74 Å². The minimum absolute atomic E-state index is 0.0356. The summed E-state index contributed by atoms with van der Waals surface area (Å²) in [5.41, 5.74) is 0. The molecule has 19 heavy (non-hydrogen) atoms. The highest BCUT2D eigenvalue weighted by Crippen LogP contribution is 2.38. The maximum atomic E-state index is 11.5. The highest BCUT2D eigenvalue weighted by Gasteiger charge is 2.14. The Labute approximate surface area is 115 Å². The number of carbonyl (C=O) groups excluding carboxylic acids is 1. The Balaban J connectivity index is 2.38. The molecule has 0 saturated carbocycles. The van der Waals surface area contributed by atoms with Gasteiger partial charge in [0, 0.05) is 16.8 Å². The summed E-state index contributed by atoms with van der Waals surface area (Å²) in [4.78, 5) is 11.5. The summed E-state index contributed by atoms with van der Waals surface area (Å²) in [5, 5.41) is 11.1. The molecule has 0 spiro atoms. The van der Waals surface area contributed by atoms with Crippen LogP contribution in [0.4, 0.5) is 4.79 Å². The number of rotatable bonds is 3. The maximum absolute atomic E-state index is 11.5. The third-order valence-corrected chi connectivity index (χ3v) is 2.84. The van der Waals surface area contributed by atoms with Crippen molar-refractivity contribution < 1.29 is 19.4 Å². The van der Waals surface area contributed by atoms with Crippen molar-refractivity contribution in [2.45, 2.75) is 13.3 Å². The first-order valence-electron chi connectivity index (χ1n) is 5.88. The fourth-order valence-corrected chi connectivity index (χ4v) is 1.88. The topological polar surface area (TPSA) is 55.8 Å². The van der Waals surface area contributed by atoms with E-state index in [0.717, 1.165) is 0 Å². The molecule has 2 rings (SSSR count). The Hall–Kier alpha value is -1.94. The van der Waals surface area contributed by atoms with E-state index in [2.05, 4.69) is 0 Å². The van der Waals surface area contributed by atoms with Crippen LogP contribution >= 0.6 is 11.6 Å². The van der Waals surface area contributed by atoms with Crippen LogP contribution in [0.25, 0.3) is 10.8 Å². The number of hydrogen-bond donors (Lipinski definition) is 1. The van der Waals surface area contributed by atoms with Crippen molar-refractivity contribution in [1.29, 1.82) is 0 Å². The SMILES string of the molecule is CCCOC(=O)Oc1cc(Cl)c(O)c2ccccc12. The standard InChI is InChI=1S/C14H13ClO4/c1-2-7-18-14(17)19-12-8-11(15)13(16)10-6-4-3-5-9(10)12/h3-6,8,16H,2,7H2,1H3. The fraction of sp³-hybridized carbons (Fsp3) is 0.214. The molecule has 0 unspecified atom stereocenters. The zero-order chi connectivity index (χ0) is 13.8. The summed E-state index contributed by atoms with van der Waals surface area (Å²) < 4.78 is 9.96. The molecule has 4 nitrogen and oxygen atoms in total. The Morgan fingerprint density at radius 1 is 1.32 bits per heavy atom. The van der Waals surface area contributed by atoms with Gasteiger partial charge in [0.05, 0.1) is 11.6 Å². The quantitative estimate of drug-likeness (QED) is 0.678. The van der Waals surface area contributed by atoms with Gasteiger partial charge >= 0.3 is 6.16 Å². The van der Waals surface area contributed by atoms with Crippen LogP contribution in [-0.2, 0) is 4.74 Å². The predicted molar refractivity (Wildman–Crippen MR) is 72.9 cm³/mol. The summed E-state index contributed by atoms with van der Waals surface area (Å²) in [7, 11) is 0. The third kappa shape index (κ3) is 2.90. The number of ether oxygens (including phenoxy) is 2. The molecule has 0 aromatic heterocycles. The number of fused-ring (bicyclic) bond motifs is 1. The first kappa shape index (κ1) is 13.5. The molecule has 0 fully saturated rings. The van der Waals surface area contributed by atoms with E-state index in [1.807, 2.05) is 6.92 Å². The Morgan fingerprint density at radius 3 is 2.68 bits per heavy atom. The van der Waals surface area contributed by atoms with Crippen LogP contribution in [0, 0.1) is 0 Å². The highest BCUT2D eigenvalue weighted by atomic mass is 35.5. The van der Waals surface area contributed by atoms with E-state index >= 15 is 0 Å².